The number of carbonyl (C=O) groups excluding carboxylic acids is 3. The van der Waals surface area contributed by atoms with Gasteiger partial charge in [-0.3, -0.25) is 32.5 Å². The molecule has 0 radical (unpaired) electrons. The van der Waals surface area contributed by atoms with Crippen LogP contribution in [0, 0.1) is 0 Å². The fourth-order valence-electron chi connectivity index (χ4n) is 8.97. The zero-order valence-corrected chi connectivity index (χ0v) is 59.4. The average molecular weight is 1350 g/mol. The molecule has 0 spiro atoms. The molecule has 532 valence electrons. The normalized spacial score (nSPS) is 15.0. The van der Waals surface area contributed by atoms with Crippen LogP contribution in [0.3, 0.4) is 0 Å². The van der Waals surface area contributed by atoms with Crippen molar-refractivity contribution >= 4 is 33.6 Å². The second-order valence-electron chi connectivity index (χ2n) is 23.3. The smallest absolute Gasteiger partial charge is 0.463 e. The standard InChI is InChI=1S/C75H126O16P2/c1-4-7-10-13-16-19-22-25-28-30-32-33-34-35-37-39-41-43-46-49-52-55-58-61-73(78)85-64-70(76)65-87-92(81,82)88-66-71(77)67-89-93(83,84)90-69-72(91-75(80)63-60-57-54-51-48-45-40-27-24-21-18-15-12-9-6-3)68-86-74(79)62-59-56-53-50-47-44-42-38-36-31-29-26-23-20-17-14-11-8-5-2/h7-8,10-11,16-21,25-29,32-33,35-38,40,70-72,76-77H,4-6,9,12-15,22-24,30-31,34,39,41-69H2,1-3H3,(H,81,82)(H,83,84)/b10-7-,11-8-,19-16-,20-17-,21-18-,28-25-,29-26-,33-32-,37-35-,38-36-,40-27-. The molecule has 5 unspecified atom stereocenters. The Bertz CT molecular complexity index is 2230. The molecule has 4 N–H and O–H groups in total. The summed E-state index contributed by atoms with van der Waals surface area (Å²) in [4.78, 5) is 58.5. The van der Waals surface area contributed by atoms with Gasteiger partial charge < -0.3 is 34.2 Å². The van der Waals surface area contributed by atoms with E-state index in [-0.39, 0.29) is 19.3 Å². The van der Waals surface area contributed by atoms with E-state index in [2.05, 4.69) is 154 Å². The third-order valence-electron chi connectivity index (χ3n) is 14.3. The third kappa shape index (κ3) is 68.9. The van der Waals surface area contributed by atoms with E-state index < -0.39 is 91.5 Å². The highest BCUT2D eigenvalue weighted by atomic mass is 31.2. The summed E-state index contributed by atoms with van der Waals surface area (Å²) in [5.74, 6) is -1.62. The summed E-state index contributed by atoms with van der Waals surface area (Å²) in [5, 5.41) is 20.6. The average Bonchev–Trinajstić information content (AvgIpc) is 3.74. The first-order valence-electron chi connectivity index (χ1n) is 35.5. The highest BCUT2D eigenvalue weighted by molar-refractivity contribution is 7.47. The summed E-state index contributed by atoms with van der Waals surface area (Å²) in [6.07, 6.45) is 79.2. The molecule has 5 atom stereocenters. The van der Waals surface area contributed by atoms with Crippen LogP contribution in [0.2, 0.25) is 0 Å². The fourth-order valence-corrected chi connectivity index (χ4v) is 10.6. The van der Waals surface area contributed by atoms with Crippen LogP contribution in [0.15, 0.2) is 134 Å². The Hall–Kier alpha value is -4.31. The molecule has 0 aromatic carbocycles. The molecule has 0 amide bonds. The minimum Gasteiger partial charge on any atom is -0.463 e. The molecule has 0 aliphatic rings. The van der Waals surface area contributed by atoms with E-state index in [1.54, 1.807) is 0 Å². The van der Waals surface area contributed by atoms with Crippen molar-refractivity contribution in [1.82, 2.24) is 0 Å². The second kappa shape index (κ2) is 67.7. The minimum atomic E-state index is -4.94. The second-order valence-corrected chi connectivity index (χ2v) is 26.2. The molecule has 0 aliphatic heterocycles. The number of allylic oxidation sites excluding steroid dienone is 22. The van der Waals surface area contributed by atoms with Crippen LogP contribution < -0.4 is 0 Å². The Morgan fingerprint density at radius 2 is 0.570 bits per heavy atom. The van der Waals surface area contributed by atoms with Gasteiger partial charge in [0, 0.05) is 19.3 Å². The van der Waals surface area contributed by atoms with Crippen molar-refractivity contribution in [1.29, 1.82) is 0 Å². The van der Waals surface area contributed by atoms with Crippen molar-refractivity contribution in [2.75, 3.05) is 39.6 Å². The molecule has 0 aromatic heterocycles. The molecule has 0 aliphatic carbocycles. The predicted molar refractivity (Wildman–Crippen MR) is 380 cm³/mol. The van der Waals surface area contributed by atoms with Crippen molar-refractivity contribution in [3.8, 4) is 0 Å². The number of aliphatic hydroxyl groups is 2. The first-order chi connectivity index (χ1) is 45.2. The number of hydrogen-bond acceptors (Lipinski definition) is 14. The van der Waals surface area contributed by atoms with E-state index in [0.29, 0.717) is 19.3 Å². The molecule has 0 saturated carbocycles. The molecule has 0 bridgehead atoms. The van der Waals surface area contributed by atoms with Gasteiger partial charge in [0.25, 0.3) is 0 Å². The SMILES string of the molecule is CC/C=C\C/C=C\C/C=C\C/C=C\C/C=C\CCCCCCCCCC(=O)OCC(O)COP(=O)(O)OCC(O)COP(=O)(O)OCC(COC(=O)CCCCCCCC/C=C\C/C=C\C/C=C\C/C=C\CC)OC(=O)CCCCCCC/C=C\C/C=C\CCCCC. The minimum absolute atomic E-state index is 0.0816. The van der Waals surface area contributed by atoms with Crippen LogP contribution >= 0.6 is 15.6 Å². The number of esters is 3. The van der Waals surface area contributed by atoms with Crippen molar-refractivity contribution < 1.29 is 75.8 Å². The van der Waals surface area contributed by atoms with Gasteiger partial charge in [0.05, 0.1) is 26.4 Å². The highest BCUT2D eigenvalue weighted by Gasteiger charge is 2.29. The van der Waals surface area contributed by atoms with Gasteiger partial charge >= 0.3 is 33.6 Å². The number of carbonyl (C=O) groups is 3. The van der Waals surface area contributed by atoms with Crippen LogP contribution in [0.4, 0.5) is 0 Å². The molecule has 93 heavy (non-hydrogen) atoms. The number of aliphatic hydroxyl groups excluding tert-OH is 2. The van der Waals surface area contributed by atoms with E-state index in [0.717, 1.165) is 186 Å². The Balaban J connectivity index is 4.66. The Labute approximate surface area is 563 Å². The summed E-state index contributed by atoms with van der Waals surface area (Å²) in [7, 11) is -9.80. The first kappa shape index (κ1) is 88.7. The topological polar surface area (TPSA) is 231 Å². The van der Waals surface area contributed by atoms with Gasteiger partial charge in [0.1, 0.15) is 25.4 Å². The number of phosphoric acid groups is 2. The van der Waals surface area contributed by atoms with Gasteiger partial charge in [-0.2, -0.15) is 0 Å². The third-order valence-corrected chi connectivity index (χ3v) is 16.2. The van der Waals surface area contributed by atoms with E-state index in [1.165, 1.54) is 19.3 Å². The van der Waals surface area contributed by atoms with Crippen molar-refractivity contribution in [3.63, 3.8) is 0 Å². The van der Waals surface area contributed by atoms with Gasteiger partial charge in [-0.25, -0.2) is 9.13 Å². The van der Waals surface area contributed by atoms with E-state index in [1.807, 2.05) is 0 Å². The van der Waals surface area contributed by atoms with Crippen LogP contribution in [0.1, 0.15) is 265 Å². The first-order valence-corrected chi connectivity index (χ1v) is 38.5. The van der Waals surface area contributed by atoms with Crippen molar-refractivity contribution in [3.05, 3.63) is 134 Å². The van der Waals surface area contributed by atoms with Crippen LogP contribution in [-0.4, -0.2) is 95.9 Å². The van der Waals surface area contributed by atoms with E-state index in [4.69, 9.17) is 32.3 Å². The lowest BCUT2D eigenvalue weighted by Gasteiger charge is -2.21. The molecule has 16 nitrogen and oxygen atoms in total. The van der Waals surface area contributed by atoms with Gasteiger partial charge in [-0.15, -0.1) is 0 Å². The van der Waals surface area contributed by atoms with Crippen LogP contribution in [0.5, 0.6) is 0 Å². The number of ether oxygens (including phenoxy) is 3. The lowest BCUT2D eigenvalue weighted by atomic mass is 10.1. The highest BCUT2D eigenvalue weighted by Crippen LogP contribution is 2.45. The zero-order valence-electron chi connectivity index (χ0n) is 57.6. The van der Waals surface area contributed by atoms with E-state index in [9.17, 15) is 43.5 Å². The predicted octanol–water partition coefficient (Wildman–Crippen LogP) is 20.0. The Kier molecular flexibility index (Phi) is 64.5. The summed E-state index contributed by atoms with van der Waals surface area (Å²) >= 11 is 0. The largest absolute Gasteiger partial charge is 0.472 e. The molecular formula is C75H126O16P2. The van der Waals surface area contributed by atoms with Gasteiger partial charge in [0.15, 0.2) is 6.10 Å². The Morgan fingerprint density at radius 1 is 0.312 bits per heavy atom. The number of unbranched alkanes of at least 4 members (excludes halogenated alkanes) is 21. The lowest BCUT2D eigenvalue weighted by Crippen LogP contribution is -2.30. The quantitative estimate of drug-likeness (QED) is 0.0146. The number of hydrogen-bond donors (Lipinski definition) is 4. The van der Waals surface area contributed by atoms with Gasteiger partial charge in [-0.1, -0.05) is 244 Å². The molecule has 18 heteroatoms. The number of rotatable bonds is 66. The molecule has 0 rings (SSSR count). The number of phosphoric ester groups is 2. The van der Waals surface area contributed by atoms with Gasteiger partial charge in [0.2, 0.25) is 0 Å². The lowest BCUT2D eigenvalue weighted by molar-refractivity contribution is -0.161. The molecule has 0 aromatic rings. The van der Waals surface area contributed by atoms with E-state index >= 15 is 0 Å². The van der Waals surface area contributed by atoms with Gasteiger partial charge in [-0.05, 0) is 135 Å². The maximum atomic E-state index is 12.9. The van der Waals surface area contributed by atoms with Crippen molar-refractivity contribution in [2.45, 2.75) is 283 Å². The zero-order chi connectivity index (χ0) is 68.1. The Morgan fingerprint density at radius 3 is 0.903 bits per heavy atom. The summed E-state index contributed by atoms with van der Waals surface area (Å²) in [6, 6.07) is 0. The monoisotopic (exact) mass is 1340 g/mol. The maximum absolute atomic E-state index is 12.9. The van der Waals surface area contributed by atoms with Crippen LogP contribution in [-0.2, 0) is 55.8 Å². The maximum Gasteiger partial charge on any atom is 0.472 e. The van der Waals surface area contributed by atoms with Crippen molar-refractivity contribution in [2.24, 2.45) is 0 Å². The molecule has 0 fully saturated rings. The fraction of sp³-hybridized carbons (Fsp3) is 0.667. The summed E-state index contributed by atoms with van der Waals surface area (Å²) in [5.41, 5.74) is 0. The molecule has 0 saturated heterocycles. The summed E-state index contributed by atoms with van der Waals surface area (Å²) in [6.45, 7) is 2.36. The van der Waals surface area contributed by atoms with Crippen LogP contribution in [0.25, 0.3) is 0 Å². The summed E-state index contributed by atoms with van der Waals surface area (Å²) < 4.78 is 60.9. The molecule has 0 heterocycles. The molecular weight excluding hydrogens is 1220 g/mol.